The van der Waals surface area contributed by atoms with Crippen LogP contribution in [0.3, 0.4) is 0 Å². The van der Waals surface area contributed by atoms with Gasteiger partial charge in [-0.2, -0.15) is 5.26 Å². The minimum Gasteiger partial charge on any atom is -0.347 e. The van der Waals surface area contributed by atoms with Gasteiger partial charge in [-0.1, -0.05) is 6.07 Å². The molecule has 0 aromatic carbocycles. The lowest BCUT2D eigenvalue weighted by Crippen LogP contribution is -2.46. The van der Waals surface area contributed by atoms with Gasteiger partial charge in [0.2, 0.25) is 0 Å². The topological polar surface area (TPSA) is 45.5 Å². The first-order valence-corrected chi connectivity index (χ1v) is 7.16. The minimum atomic E-state index is -0.355. The molecule has 0 aliphatic carbocycles. The fourth-order valence-electron chi connectivity index (χ4n) is 2.68. The molecule has 0 N–H and O–H groups in total. The van der Waals surface area contributed by atoms with Gasteiger partial charge in [0.15, 0.2) is 5.79 Å². The quantitative estimate of drug-likeness (QED) is 0.821. The Kier molecular flexibility index (Phi) is 3.35. The first-order valence-electron chi connectivity index (χ1n) is 6.28. The smallest absolute Gasteiger partial charge is 0.170 e. The zero-order chi connectivity index (χ0) is 12.4. The molecule has 2 saturated heterocycles. The van der Waals surface area contributed by atoms with Crippen LogP contribution in [-0.4, -0.2) is 37.0 Å². The Morgan fingerprint density at radius 2 is 2.06 bits per heavy atom. The highest BCUT2D eigenvalue weighted by Gasteiger charge is 2.41. The third kappa shape index (κ3) is 2.17. The van der Waals surface area contributed by atoms with Crippen LogP contribution in [0.25, 0.3) is 0 Å². The fourth-order valence-corrected chi connectivity index (χ4v) is 3.48. The molecule has 1 aromatic rings. The number of piperidine rings is 1. The number of hydrogen-bond donors (Lipinski definition) is 0. The van der Waals surface area contributed by atoms with Gasteiger partial charge in [-0.25, -0.2) is 0 Å². The SMILES string of the molecule is N#CC(c1cccs1)N1CCC2(CC1)OCCO2. The molecule has 18 heavy (non-hydrogen) atoms. The van der Waals surface area contributed by atoms with E-state index in [0.717, 1.165) is 30.8 Å². The van der Waals surface area contributed by atoms with Crippen LogP contribution in [-0.2, 0) is 9.47 Å². The normalized spacial score (nSPS) is 25.1. The van der Waals surface area contributed by atoms with Crippen molar-refractivity contribution in [1.29, 1.82) is 5.26 Å². The van der Waals surface area contributed by atoms with E-state index in [0.29, 0.717) is 13.2 Å². The van der Waals surface area contributed by atoms with E-state index in [2.05, 4.69) is 11.0 Å². The van der Waals surface area contributed by atoms with Gasteiger partial charge in [0, 0.05) is 30.8 Å². The van der Waals surface area contributed by atoms with Crippen molar-refractivity contribution in [3.05, 3.63) is 22.4 Å². The van der Waals surface area contributed by atoms with Crippen molar-refractivity contribution in [3.63, 3.8) is 0 Å². The molecule has 0 radical (unpaired) electrons. The number of likely N-dealkylation sites (tertiary alicyclic amines) is 1. The minimum absolute atomic E-state index is 0.122. The summed E-state index contributed by atoms with van der Waals surface area (Å²) in [6, 6.07) is 6.32. The summed E-state index contributed by atoms with van der Waals surface area (Å²) in [6.45, 7) is 3.12. The predicted octanol–water partition coefficient (Wildman–Crippen LogP) is 2.15. The van der Waals surface area contributed by atoms with E-state index >= 15 is 0 Å². The number of hydrogen-bond acceptors (Lipinski definition) is 5. The summed E-state index contributed by atoms with van der Waals surface area (Å²) < 4.78 is 11.4. The van der Waals surface area contributed by atoms with Crippen molar-refractivity contribution in [2.45, 2.75) is 24.7 Å². The molecule has 4 nitrogen and oxygen atoms in total. The molecular weight excluding hydrogens is 248 g/mol. The van der Waals surface area contributed by atoms with Crippen molar-refractivity contribution in [1.82, 2.24) is 4.90 Å². The van der Waals surface area contributed by atoms with Crippen LogP contribution in [0, 0.1) is 11.3 Å². The number of ether oxygens (including phenoxy) is 2. The van der Waals surface area contributed by atoms with Crippen molar-refractivity contribution in [2.24, 2.45) is 0 Å². The lowest BCUT2D eigenvalue weighted by molar-refractivity contribution is -0.186. The van der Waals surface area contributed by atoms with E-state index in [1.165, 1.54) is 0 Å². The number of thiophene rings is 1. The van der Waals surface area contributed by atoms with Gasteiger partial charge >= 0.3 is 0 Å². The van der Waals surface area contributed by atoms with Crippen LogP contribution >= 0.6 is 11.3 Å². The third-order valence-electron chi connectivity index (χ3n) is 3.67. The van der Waals surface area contributed by atoms with Crippen LogP contribution < -0.4 is 0 Å². The highest BCUT2D eigenvalue weighted by Crippen LogP contribution is 2.35. The van der Waals surface area contributed by atoms with Gasteiger partial charge in [0.05, 0.1) is 19.3 Å². The molecule has 5 heteroatoms. The summed E-state index contributed by atoms with van der Waals surface area (Å²) in [4.78, 5) is 3.35. The van der Waals surface area contributed by atoms with Crippen LogP contribution in [0.5, 0.6) is 0 Å². The van der Waals surface area contributed by atoms with E-state index in [4.69, 9.17) is 9.47 Å². The summed E-state index contributed by atoms with van der Waals surface area (Å²) in [5.74, 6) is -0.355. The van der Waals surface area contributed by atoms with E-state index < -0.39 is 0 Å². The van der Waals surface area contributed by atoms with Gasteiger partial charge < -0.3 is 9.47 Å². The van der Waals surface area contributed by atoms with Crippen LogP contribution in [0.2, 0.25) is 0 Å². The highest BCUT2D eigenvalue weighted by atomic mass is 32.1. The second-order valence-electron chi connectivity index (χ2n) is 4.69. The Morgan fingerprint density at radius 1 is 1.33 bits per heavy atom. The molecule has 1 spiro atoms. The summed E-state index contributed by atoms with van der Waals surface area (Å²) >= 11 is 1.65. The van der Waals surface area contributed by atoms with Gasteiger partial charge in [-0.15, -0.1) is 11.3 Å². The molecule has 1 atom stereocenters. The number of rotatable bonds is 2. The van der Waals surface area contributed by atoms with Gasteiger partial charge in [0.25, 0.3) is 0 Å². The molecule has 2 aliphatic rings. The standard InChI is InChI=1S/C13H16N2O2S/c14-10-11(12-2-1-9-18-12)15-5-3-13(4-6-15)16-7-8-17-13/h1-2,9,11H,3-8H2. The monoisotopic (exact) mass is 264 g/mol. The third-order valence-corrected chi connectivity index (χ3v) is 4.60. The van der Waals surface area contributed by atoms with Crippen LogP contribution in [0.15, 0.2) is 17.5 Å². The highest BCUT2D eigenvalue weighted by molar-refractivity contribution is 7.10. The zero-order valence-corrected chi connectivity index (χ0v) is 11.0. The van der Waals surface area contributed by atoms with E-state index in [-0.39, 0.29) is 11.8 Å². The van der Waals surface area contributed by atoms with Crippen molar-refractivity contribution < 1.29 is 9.47 Å². The molecule has 0 saturated carbocycles. The van der Waals surface area contributed by atoms with Gasteiger partial charge in [-0.3, -0.25) is 4.90 Å². The van der Waals surface area contributed by atoms with Crippen molar-refractivity contribution >= 4 is 11.3 Å². The molecular formula is C13H16N2O2S. The summed E-state index contributed by atoms with van der Waals surface area (Å²) in [6.07, 6.45) is 1.72. The molecule has 1 unspecified atom stereocenters. The van der Waals surface area contributed by atoms with E-state index in [1.54, 1.807) is 11.3 Å². The largest absolute Gasteiger partial charge is 0.347 e. The molecule has 3 rings (SSSR count). The van der Waals surface area contributed by atoms with Crippen molar-refractivity contribution in [3.8, 4) is 6.07 Å². The predicted molar refractivity (Wildman–Crippen MR) is 68.1 cm³/mol. The van der Waals surface area contributed by atoms with Gasteiger partial charge in [0.1, 0.15) is 6.04 Å². The number of nitrogens with zero attached hydrogens (tertiary/aromatic N) is 2. The maximum absolute atomic E-state index is 9.36. The summed E-state index contributed by atoms with van der Waals surface area (Å²) in [5, 5.41) is 11.4. The summed E-state index contributed by atoms with van der Waals surface area (Å²) in [7, 11) is 0. The Hall–Kier alpha value is -0.930. The second kappa shape index (κ2) is 4.98. The van der Waals surface area contributed by atoms with E-state index in [9.17, 15) is 5.26 Å². The Balaban J connectivity index is 1.67. The average Bonchev–Trinajstić information content (AvgIpc) is 3.05. The van der Waals surface area contributed by atoms with Crippen molar-refractivity contribution in [2.75, 3.05) is 26.3 Å². The first-order chi connectivity index (χ1) is 8.83. The Bertz CT molecular complexity index is 424. The molecule has 3 heterocycles. The second-order valence-corrected chi connectivity index (χ2v) is 5.67. The first kappa shape index (κ1) is 12.1. The van der Waals surface area contributed by atoms with Gasteiger partial charge in [-0.05, 0) is 11.4 Å². The average molecular weight is 264 g/mol. The molecule has 0 bridgehead atoms. The van der Waals surface area contributed by atoms with Crippen LogP contribution in [0.1, 0.15) is 23.8 Å². The maximum Gasteiger partial charge on any atom is 0.170 e. The van der Waals surface area contributed by atoms with E-state index in [1.807, 2.05) is 17.5 Å². The molecule has 2 fully saturated rings. The molecule has 1 aromatic heterocycles. The Morgan fingerprint density at radius 3 is 2.61 bits per heavy atom. The molecule has 2 aliphatic heterocycles. The molecule has 96 valence electrons. The fraction of sp³-hybridized carbons (Fsp3) is 0.615. The maximum atomic E-state index is 9.36. The lowest BCUT2D eigenvalue weighted by Gasteiger charge is -2.39. The summed E-state index contributed by atoms with van der Waals surface area (Å²) in [5.41, 5.74) is 0. The molecule has 0 amide bonds. The lowest BCUT2D eigenvalue weighted by atomic mass is 10.0. The zero-order valence-electron chi connectivity index (χ0n) is 10.2. The van der Waals surface area contributed by atoms with Crippen LogP contribution in [0.4, 0.5) is 0 Å². The Labute approximate surface area is 111 Å². The number of nitriles is 1.